The molecule has 0 saturated carbocycles. The molecule has 3 nitrogen and oxygen atoms in total. The summed E-state index contributed by atoms with van der Waals surface area (Å²) in [6.07, 6.45) is 2.66. The van der Waals surface area contributed by atoms with E-state index >= 15 is 0 Å². The van der Waals surface area contributed by atoms with Gasteiger partial charge in [0, 0.05) is 18.8 Å². The monoisotopic (exact) mass is 244 g/mol. The van der Waals surface area contributed by atoms with E-state index in [1.807, 2.05) is 12.1 Å². The van der Waals surface area contributed by atoms with Crippen molar-refractivity contribution in [3.8, 4) is 0 Å². The third-order valence-corrected chi connectivity index (χ3v) is 3.17. The zero-order valence-electron chi connectivity index (χ0n) is 11.0. The van der Waals surface area contributed by atoms with Gasteiger partial charge in [0.25, 0.3) is 0 Å². The van der Waals surface area contributed by atoms with Crippen molar-refractivity contribution in [3.63, 3.8) is 0 Å². The van der Waals surface area contributed by atoms with Gasteiger partial charge in [-0.3, -0.25) is 0 Å². The molecule has 0 aliphatic carbocycles. The van der Waals surface area contributed by atoms with Gasteiger partial charge in [-0.25, -0.2) is 0 Å². The molecule has 0 amide bonds. The molecule has 0 aliphatic heterocycles. The Kier molecular flexibility index (Phi) is 4.05. The van der Waals surface area contributed by atoms with Gasteiger partial charge < -0.3 is 15.1 Å². The molecule has 18 heavy (non-hydrogen) atoms. The van der Waals surface area contributed by atoms with Gasteiger partial charge in [-0.15, -0.1) is 0 Å². The summed E-state index contributed by atoms with van der Waals surface area (Å²) in [5.41, 5.74) is 8.35. The van der Waals surface area contributed by atoms with Crippen molar-refractivity contribution in [1.29, 1.82) is 0 Å². The van der Waals surface area contributed by atoms with Crippen LogP contribution in [0, 0.1) is 0 Å². The summed E-state index contributed by atoms with van der Waals surface area (Å²) < 4.78 is 5.34. The molecule has 0 aliphatic rings. The summed E-state index contributed by atoms with van der Waals surface area (Å²) in [4.78, 5) is 2.15. The van der Waals surface area contributed by atoms with Crippen molar-refractivity contribution in [1.82, 2.24) is 0 Å². The minimum absolute atomic E-state index is 0.134. The zero-order chi connectivity index (χ0) is 13.0. The predicted molar refractivity (Wildman–Crippen MR) is 74.5 cm³/mol. The topological polar surface area (TPSA) is 42.4 Å². The van der Waals surface area contributed by atoms with Crippen LogP contribution in [0.4, 0.5) is 5.69 Å². The van der Waals surface area contributed by atoms with Crippen LogP contribution in [0.2, 0.25) is 0 Å². The standard InChI is InChI=1S/C15H20N2O/c1-3-15(16)12-6-8-13(9-7-12)17(2)11-14-5-4-10-18-14/h4-10,15H,3,11,16H2,1-2H3/t15-/m0/s1. The second-order valence-corrected chi connectivity index (χ2v) is 4.54. The van der Waals surface area contributed by atoms with Crippen molar-refractivity contribution in [2.45, 2.75) is 25.9 Å². The highest BCUT2D eigenvalue weighted by Crippen LogP contribution is 2.20. The highest BCUT2D eigenvalue weighted by atomic mass is 16.3. The van der Waals surface area contributed by atoms with Gasteiger partial charge in [0.2, 0.25) is 0 Å². The lowest BCUT2D eigenvalue weighted by Gasteiger charge is -2.19. The van der Waals surface area contributed by atoms with E-state index in [9.17, 15) is 0 Å². The molecule has 3 heteroatoms. The van der Waals surface area contributed by atoms with Crippen molar-refractivity contribution < 1.29 is 4.42 Å². The minimum atomic E-state index is 0.134. The van der Waals surface area contributed by atoms with Crippen molar-refractivity contribution in [2.24, 2.45) is 5.73 Å². The average molecular weight is 244 g/mol. The van der Waals surface area contributed by atoms with E-state index in [-0.39, 0.29) is 6.04 Å². The maximum Gasteiger partial charge on any atom is 0.123 e. The van der Waals surface area contributed by atoms with Crippen LogP contribution >= 0.6 is 0 Å². The molecule has 96 valence electrons. The van der Waals surface area contributed by atoms with Gasteiger partial charge in [-0.1, -0.05) is 19.1 Å². The third kappa shape index (κ3) is 2.93. The highest BCUT2D eigenvalue weighted by molar-refractivity contribution is 5.47. The van der Waals surface area contributed by atoms with Crippen LogP contribution < -0.4 is 10.6 Å². The van der Waals surface area contributed by atoms with Gasteiger partial charge in [0.1, 0.15) is 5.76 Å². The van der Waals surface area contributed by atoms with E-state index < -0.39 is 0 Å². The van der Waals surface area contributed by atoms with Gasteiger partial charge in [-0.2, -0.15) is 0 Å². The van der Waals surface area contributed by atoms with E-state index in [0.29, 0.717) is 0 Å². The first kappa shape index (κ1) is 12.7. The van der Waals surface area contributed by atoms with Crippen LogP contribution in [-0.4, -0.2) is 7.05 Å². The van der Waals surface area contributed by atoms with E-state index in [1.54, 1.807) is 6.26 Å². The van der Waals surface area contributed by atoms with E-state index in [4.69, 9.17) is 10.2 Å². The number of hydrogen-bond acceptors (Lipinski definition) is 3. The molecule has 1 atom stereocenters. The number of nitrogens with zero attached hydrogens (tertiary/aromatic N) is 1. The lowest BCUT2D eigenvalue weighted by molar-refractivity contribution is 0.507. The second kappa shape index (κ2) is 5.74. The molecule has 0 fully saturated rings. The molecular weight excluding hydrogens is 224 g/mol. The maximum absolute atomic E-state index is 6.00. The Morgan fingerprint density at radius 3 is 2.50 bits per heavy atom. The Balaban J connectivity index is 2.04. The fourth-order valence-corrected chi connectivity index (χ4v) is 1.94. The van der Waals surface area contributed by atoms with Crippen molar-refractivity contribution in [3.05, 3.63) is 54.0 Å². The van der Waals surface area contributed by atoms with Crippen LogP contribution in [0.3, 0.4) is 0 Å². The number of benzene rings is 1. The Bertz CT molecular complexity index is 462. The first-order valence-electron chi connectivity index (χ1n) is 6.29. The molecular formula is C15H20N2O. The molecule has 2 N–H and O–H groups in total. The van der Waals surface area contributed by atoms with Crippen LogP contribution in [-0.2, 0) is 6.54 Å². The summed E-state index contributed by atoms with van der Waals surface area (Å²) >= 11 is 0. The highest BCUT2D eigenvalue weighted by Gasteiger charge is 2.06. The van der Waals surface area contributed by atoms with Gasteiger partial charge in [0.15, 0.2) is 0 Å². The minimum Gasteiger partial charge on any atom is -0.467 e. The lowest BCUT2D eigenvalue weighted by Crippen LogP contribution is -2.16. The van der Waals surface area contributed by atoms with Crippen LogP contribution in [0.25, 0.3) is 0 Å². The van der Waals surface area contributed by atoms with Crippen LogP contribution in [0.15, 0.2) is 47.1 Å². The summed E-state index contributed by atoms with van der Waals surface area (Å²) in [7, 11) is 2.05. The first-order chi connectivity index (χ1) is 8.70. The lowest BCUT2D eigenvalue weighted by atomic mass is 10.1. The molecule has 0 bridgehead atoms. The predicted octanol–water partition coefficient (Wildman–Crippen LogP) is 3.33. The second-order valence-electron chi connectivity index (χ2n) is 4.54. The number of rotatable bonds is 5. The molecule has 1 aromatic carbocycles. The van der Waals surface area contributed by atoms with E-state index in [0.717, 1.165) is 18.7 Å². The van der Waals surface area contributed by atoms with Crippen LogP contribution in [0.5, 0.6) is 0 Å². The molecule has 0 unspecified atom stereocenters. The van der Waals surface area contributed by atoms with Crippen LogP contribution in [0.1, 0.15) is 30.7 Å². The van der Waals surface area contributed by atoms with Crippen molar-refractivity contribution in [2.75, 3.05) is 11.9 Å². The molecule has 0 saturated heterocycles. The molecule has 0 radical (unpaired) electrons. The molecule has 2 aromatic rings. The molecule has 2 rings (SSSR count). The Morgan fingerprint density at radius 2 is 1.94 bits per heavy atom. The van der Waals surface area contributed by atoms with E-state index in [2.05, 4.69) is 43.1 Å². The summed E-state index contributed by atoms with van der Waals surface area (Å²) in [5.74, 6) is 0.965. The average Bonchev–Trinajstić information content (AvgIpc) is 2.91. The van der Waals surface area contributed by atoms with E-state index in [1.165, 1.54) is 11.3 Å². The number of anilines is 1. The normalized spacial score (nSPS) is 12.4. The largest absolute Gasteiger partial charge is 0.467 e. The number of furan rings is 1. The maximum atomic E-state index is 6.00. The fourth-order valence-electron chi connectivity index (χ4n) is 1.94. The summed E-state index contributed by atoms with van der Waals surface area (Å²) in [6, 6.07) is 12.4. The van der Waals surface area contributed by atoms with Gasteiger partial charge >= 0.3 is 0 Å². The fraction of sp³-hybridized carbons (Fsp3) is 0.333. The Morgan fingerprint density at radius 1 is 1.22 bits per heavy atom. The number of nitrogens with two attached hydrogens (primary N) is 1. The SMILES string of the molecule is CC[C@H](N)c1ccc(N(C)Cc2ccco2)cc1. The summed E-state index contributed by atoms with van der Waals surface area (Å²) in [5, 5.41) is 0. The van der Waals surface area contributed by atoms with Gasteiger partial charge in [0.05, 0.1) is 12.8 Å². The van der Waals surface area contributed by atoms with Crippen molar-refractivity contribution >= 4 is 5.69 Å². The first-order valence-corrected chi connectivity index (χ1v) is 6.29. The molecule has 0 spiro atoms. The number of hydrogen-bond donors (Lipinski definition) is 1. The Hall–Kier alpha value is -1.74. The Labute approximate surface area is 108 Å². The molecule has 1 aromatic heterocycles. The quantitative estimate of drug-likeness (QED) is 0.877. The third-order valence-electron chi connectivity index (χ3n) is 3.17. The smallest absolute Gasteiger partial charge is 0.123 e. The zero-order valence-corrected chi connectivity index (χ0v) is 11.0. The molecule has 1 heterocycles. The van der Waals surface area contributed by atoms with Gasteiger partial charge in [-0.05, 0) is 36.2 Å². The summed E-state index contributed by atoms with van der Waals surface area (Å²) in [6.45, 7) is 2.87.